The van der Waals surface area contributed by atoms with Crippen molar-refractivity contribution in [2.45, 2.75) is 6.92 Å². The van der Waals surface area contributed by atoms with Crippen LogP contribution < -0.4 is 16.2 Å². The number of nitrogens with one attached hydrogen (secondary N) is 3. The molecule has 0 aliphatic carbocycles. The van der Waals surface area contributed by atoms with Crippen LogP contribution in [-0.2, 0) is 9.59 Å². The molecule has 2 aromatic rings. The van der Waals surface area contributed by atoms with Crippen molar-refractivity contribution in [3.63, 3.8) is 0 Å². The Labute approximate surface area is 154 Å². The Balaban J connectivity index is 1.67. The number of aryl methyl sites for hydroxylation is 1. The highest BCUT2D eigenvalue weighted by Crippen LogP contribution is 2.09. The fourth-order valence-electron chi connectivity index (χ4n) is 2.02. The average Bonchev–Trinajstić information content (AvgIpc) is 2.62. The van der Waals surface area contributed by atoms with Crippen molar-refractivity contribution in [1.29, 1.82) is 0 Å². The number of rotatable bonds is 6. The largest absolute Gasteiger partial charge is 0.325 e. The van der Waals surface area contributed by atoms with Crippen LogP contribution >= 0.6 is 11.8 Å². The molecule has 2 rings (SSSR count). The van der Waals surface area contributed by atoms with Gasteiger partial charge in [0.1, 0.15) is 5.82 Å². The van der Waals surface area contributed by atoms with Gasteiger partial charge in [-0.1, -0.05) is 18.2 Å². The van der Waals surface area contributed by atoms with Gasteiger partial charge in [-0.3, -0.25) is 25.2 Å². The summed E-state index contributed by atoms with van der Waals surface area (Å²) in [5.74, 6) is -1.47. The molecule has 2 aromatic carbocycles. The molecule has 0 aromatic heterocycles. The fourth-order valence-corrected chi connectivity index (χ4v) is 2.64. The van der Waals surface area contributed by atoms with E-state index >= 15 is 0 Å². The van der Waals surface area contributed by atoms with Crippen molar-refractivity contribution in [1.82, 2.24) is 10.9 Å². The first kappa shape index (κ1) is 19.5. The molecule has 0 fully saturated rings. The molecule has 0 spiro atoms. The number of hydrogen-bond acceptors (Lipinski definition) is 4. The van der Waals surface area contributed by atoms with Crippen molar-refractivity contribution in [3.05, 3.63) is 65.5 Å². The van der Waals surface area contributed by atoms with E-state index in [4.69, 9.17) is 0 Å². The van der Waals surface area contributed by atoms with Crippen LogP contribution in [0.4, 0.5) is 10.1 Å². The first-order chi connectivity index (χ1) is 12.5. The summed E-state index contributed by atoms with van der Waals surface area (Å²) < 4.78 is 12.8. The summed E-state index contributed by atoms with van der Waals surface area (Å²) in [5.41, 5.74) is 6.39. The van der Waals surface area contributed by atoms with Crippen molar-refractivity contribution >= 4 is 35.2 Å². The lowest BCUT2D eigenvalue weighted by molar-refractivity contribution is -0.119. The number of halogens is 1. The Hall–Kier alpha value is -2.87. The Bertz CT molecular complexity index is 797. The van der Waals surface area contributed by atoms with Gasteiger partial charge < -0.3 is 5.32 Å². The third-order valence-corrected chi connectivity index (χ3v) is 4.23. The second kappa shape index (κ2) is 9.57. The zero-order chi connectivity index (χ0) is 18.9. The Morgan fingerprint density at radius 1 is 0.923 bits per heavy atom. The molecule has 3 amide bonds. The summed E-state index contributed by atoms with van der Waals surface area (Å²) >= 11 is 1.09. The number of benzene rings is 2. The maximum absolute atomic E-state index is 12.8. The zero-order valence-corrected chi connectivity index (χ0v) is 14.9. The van der Waals surface area contributed by atoms with Crippen LogP contribution in [0.25, 0.3) is 0 Å². The van der Waals surface area contributed by atoms with Crippen LogP contribution in [-0.4, -0.2) is 29.2 Å². The normalized spacial score (nSPS) is 10.1. The van der Waals surface area contributed by atoms with Gasteiger partial charge in [0.25, 0.3) is 5.91 Å². The van der Waals surface area contributed by atoms with Gasteiger partial charge in [0, 0.05) is 11.3 Å². The van der Waals surface area contributed by atoms with E-state index in [0.717, 1.165) is 17.3 Å². The second-order valence-corrected chi connectivity index (χ2v) is 6.35. The lowest BCUT2D eigenvalue weighted by Crippen LogP contribution is -2.42. The molecule has 0 aliphatic heterocycles. The third kappa shape index (κ3) is 6.21. The fraction of sp³-hybridized carbons (Fsp3) is 0.167. The van der Waals surface area contributed by atoms with Gasteiger partial charge >= 0.3 is 0 Å². The number of hydrogen-bond donors (Lipinski definition) is 3. The van der Waals surface area contributed by atoms with Crippen LogP contribution in [0.5, 0.6) is 0 Å². The lowest BCUT2D eigenvalue weighted by Gasteiger charge is -2.09. The van der Waals surface area contributed by atoms with E-state index in [2.05, 4.69) is 16.2 Å². The smallest absolute Gasteiger partial charge is 0.269 e. The molecule has 0 radical (unpaired) electrons. The minimum atomic E-state index is -0.425. The van der Waals surface area contributed by atoms with E-state index in [1.807, 2.05) is 6.07 Å². The highest BCUT2D eigenvalue weighted by molar-refractivity contribution is 8.00. The molecular weight excluding hydrogens is 357 g/mol. The number of carbonyl (C=O) groups is 3. The minimum Gasteiger partial charge on any atom is -0.325 e. The van der Waals surface area contributed by atoms with E-state index in [9.17, 15) is 18.8 Å². The molecule has 0 unspecified atom stereocenters. The predicted octanol–water partition coefficient (Wildman–Crippen LogP) is 2.27. The molecule has 6 nitrogen and oxygen atoms in total. The van der Waals surface area contributed by atoms with Crippen molar-refractivity contribution in [3.8, 4) is 0 Å². The quantitative estimate of drug-likeness (QED) is 0.676. The van der Waals surface area contributed by atoms with Gasteiger partial charge in [0.05, 0.1) is 11.5 Å². The van der Waals surface area contributed by atoms with Crippen LogP contribution in [0.3, 0.4) is 0 Å². The molecule has 0 saturated carbocycles. The van der Waals surface area contributed by atoms with Gasteiger partial charge in [0.15, 0.2) is 0 Å². The summed E-state index contributed by atoms with van der Waals surface area (Å²) in [6.07, 6.45) is 0. The minimum absolute atomic E-state index is 0.00485. The highest BCUT2D eigenvalue weighted by Gasteiger charge is 2.10. The Morgan fingerprint density at radius 2 is 1.58 bits per heavy atom. The van der Waals surface area contributed by atoms with Crippen molar-refractivity contribution in [2.24, 2.45) is 0 Å². The first-order valence-electron chi connectivity index (χ1n) is 7.73. The van der Waals surface area contributed by atoms with Crippen LogP contribution in [0.2, 0.25) is 0 Å². The number of thioether (sulfide) groups is 1. The van der Waals surface area contributed by atoms with E-state index in [1.54, 1.807) is 25.1 Å². The molecule has 0 atom stereocenters. The number of hydrazine groups is 1. The summed E-state index contributed by atoms with van der Waals surface area (Å²) in [4.78, 5) is 35.4. The maximum atomic E-state index is 12.8. The van der Waals surface area contributed by atoms with Crippen molar-refractivity contribution < 1.29 is 18.8 Å². The van der Waals surface area contributed by atoms with Gasteiger partial charge in [0.2, 0.25) is 11.8 Å². The summed E-state index contributed by atoms with van der Waals surface area (Å²) in [5, 5.41) is 2.59. The van der Waals surface area contributed by atoms with Crippen LogP contribution in [0.15, 0.2) is 48.5 Å². The zero-order valence-electron chi connectivity index (χ0n) is 14.0. The molecule has 8 heteroatoms. The molecule has 26 heavy (non-hydrogen) atoms. The Morgan fingerprint density at radius 3 is 2.27 bits per heavy atom. The first-order valence-corrected chi connectivity index (χ1v) is 8.89. The molecular formula is C18H18FN3O3S. The molecule has 0 aliphatic rings. The summed E-state index contributed by atoms with van der Waals surface area (Å²) in [6.45, 7) is 1.80. The third-order valence-electron chi connectivity index (χ3n) is 3.30. The SMILES string of the molecule is Cc1ccccc1C(=O)NNC(=O)CSCC(=O)Nc1ccc(F)cc1. The second-order valence-electron chi connectivity index (χ2n) is 5.37. The molecule has 0 saturated heterocycles. The van der Waals surface area contributed by atoms with E-state index < -0.39 is 11.8 Å². The predicted molar refractivity (Wildman–Crippen MR) is 99.1 cm³/mol. The van der Waals surface area contributed by atoms with Gasteiger partial charge in [-0.15, -0.1) is 11.8 Å². The molecule has 136 valence electrons. The number of carbonyl (C=O) groups excluding carboxylic acids is 3. The number of amides is 3. The van der Waals surface area contributed by atoms with Gasteiger partial charge in [-0.25, -0.2) is 4.39 Å². The summed E-state index contributed by atoms with van der Waals surface area (Å²) in [6, 6.07) is 12.4. The molecule has 3 N–H and O–H groups in total. The topological polar surface area (TPSA) is 87.3 Å². The van der Waals surface area contributed by atoms with E-state index in [-0.39, 0.29) is 23.2 Å². The highest BCUT2D eigenvalue weighted by atomic mass is 32.2. The van der Waals surface area contributed by atoms with E-state index in [1.165, 1.54) is 24.3 Å². The number of anilines is 1. The van der Waals surface area contributed by atoms with Crippen LogP contribution in [0.1, 0.15) is 15.9 Å². The standard InChI is InChI=1S/C18H18FN3O3S/c1-12-4-2-3-5-15(12)18(25)22-21-17(24)11-26-10-16(23)20-14-8-6-13(19)7-9-14/h2-9H,10-11H2,1H3,(H,20,23)(H,21,24)(H,22,25). The summed E-state index contributed by atoms with van der Waals surface area (Å²) in [7, 11) is 0. The van der Waals surface area contributed by atoms with Crippen molar-refractivity contribution in [2.75, 3.05) is 16.8 Å². The monoisotopic (exact) mass is 375 g/mol. The molecule has 0 heterocycles. The molecule has 0 bridgehead atoms. The van der Waals surface area contributed by atoms with Gasteiger partial charge in [-0.05, 0) is 42.8 Å². The Kier molecular flexibility index (Phi) is 7.16. The maximum Gasteiger partial charge on any atom is 0.269 e. The van der Waals surface area contributed by atoms with E-state index in [0.29, 0.717) is 11.3 Å². The van der Waals surface area contributed by atoms with Gasteiger partial charge in [-0.2, -0.15) is 0 Å². The lowest BCUT2D eigenvalue weighted by atomic mass is 10.1. The average molecular weight is 375 g/mol. The van der Waals surface area contributed by atoms with Crippen LogP contribution in [0, 0.1) is 12.7 Å².